The predicted octanol–water partition coefficient (Wildman–Crippen LogP) is 7.08. The third-order valence-electron chi connectivity index (χ3n) is 12.0. The molecule has 1 aliphatic heterocycles. The molecule has 0 spiro atoms. The number of aromatic nitrogens is 1. The highest BCUT2D eigenvalue weighted by atomic mass is 32.1. The van der Waals surface area contributed by atoms with E-state index < -0.39 is 77.1 Å². The van der Waals surface area contributed by atoms with Crippen LogP contribution in [0.25, 0.3) is 11.1 Å². The second-order valence-corrected chi connectivity index (χ2v) is 20.9. The molecule has 74 heavy (non-hydrogen) atoms. The van der Waals surface area contributed by atoms with Gasteiger partial charge in [-0.2, -0.15) is 0 Å². The first-order valence-corrected chi connectivity index (χ1v) is 25.2. The Kier molecular flexibility index (Phi) is 16.0. The number of nitrogens with zero attached hydrogens (tertiary/aromatic N) is 2. The molecule has 5 aromatic rings. The Labute approximate surface area is 432 Å². The van der Waals surface area contributed by atoms with Gasteiger partial charge in [-0.25, -0.2) is 24.2 Å². The summed E-state index contributed by atoms with van der Waals surface area (Å²) < 4.78 is 22.7. The highest BCUT2D eigenvalue weighted by Gasteiger charge is 2.56. The lowest BCUT2D eigenvalue weighted by Gasteiger charge is -2.37. The van der Waals surface area contributed by atoms with Crippen molar-refractivity contribution in [3.8, 4) is 11.1 Å². The minimum absolute atomic E-state index is 0.0248. The molecule has 20 heteroatoms. The predicted molar refractivity (Wildman–Crippen MR) is 275 cm³/mol. The number of alkyl carbamates (subject to hydrolysis) is 2. The largest absolute Gasteiger partial charge is 0.450 e. The molecule has 1 aromatic heterocycles. The number of carbonyl (C=O) groups excluding carboxylic acids is 6. The minimum Gasteiger partial charge on any atom is -0.450 e. The Morgan fingerprint density at radius 3 is 1.93 bits per heavy atom. The van der Waals surface area contributed by atoms with Crippen molar-refractivity contribution in [2.24, 2.45) is 5.16 Å². The Balaban J connectivity index is 0.935. The molecule has 6 N–H and O–H groups in total. The Morgan fingerprint density at radius 2 is 1.35 bits per heavy atom. The van der Waals surface area contributed by atoms with E-state index in [4.69, 9.17) is 23.8 Å². The zero-order chi connectivity index (χ0) is 52.6. The number of benzene rings is 4. The van der Waals surface area contributed by atoms with Gasteiger partial charge in [-0.3, -0.25) is 14.9 Å². The molecule has 3 aliphatic rings. The fourth-order valence-electron chi connectivity index (χ4n) is 8.31. The molecule has 5 amide bonds. The highest BCUT2D eigenvalue weighted by molar-refractivity contribution is 7.14. The van der Waals surface area contributed by atoms with Gasteiger partial charge in [-0.1, -0.05) is 114 Å². The molecule has 1 saturated heterocycles. The normalized spacial score (nSPS) is 17.0. The van der Waals surface area contributed by atoms with Gasteiger partial charge >= 0.3 is 24.2 Å². The van der Waals surface area contributed by atoms with Crippen LogP contribution in [0.4, 0.5) is 19.5 Å². The molecule has 0 radical (unpaired) electrons. The standard InChI is InChI=1S/C54H60N8O11S/c1-52(2,3)71-49(66)56-28-34(57-50(67)69-30-39-37-23-15-13-21-35(37)36-22-14-16-24-38(36)39)27-55-29-40-42(45(63)58-40)60-46(64)43(41-31-74-48(59-41)61-51(68)72-53(4,5)6)62-73-54(25-26-54)47(65)70-44(32-17-9-7-10-18-32)33-19-11-8-12-20-33/h7-24,31,34,39-40,42,44,55H,25-30H2,1-6H3,(H,56,66)(H,57,67)(H,58,63)(H,60,64)(H,59,61,68)/t34-,40+,42-/m0/s1. The molecule has 0 unspecified atom stereocenters. The first-order valence-electron chi connectivity index (χ1n) is 24.3. The maximum Gasteiger partial charge on any atom is 0.413 e. The molecule has 19 nitrogen and oxygen atoms in total. The topological polar surface area (TPSA) is 246 Å². The van der Waals surface area contributed by atoms with Crippen molar-refractivity contribution >= 4 is 58.2 Å². The second-order valence-electron chi connectivity index (χ2n) is 20.1. The first kappa shape index (κ1) is 52.5. The maximum absolute atomic E-state index is 14.3. The van der Waals surface area contributed by atoms with Crippen molar-refractivity contribution in [2.75, 3.05) is 31.6 Å². The van der Waals surface area contributed by atoms with Crippen LogP contribution in [-0.2, 0) is 38.2 Å². The van der Waals surface area contributed by atoms with Gasteiger partial charge in [0.1, 0.15) is 29.5 Å². The second kappa shape index (κ2) is 22.5. The van der Waals surface area contributed by atoms with Crippen LogP contribution in [-0.4, -0.2) is 108 Å². The number of β-lactam (4-membered cyclic amide) rings is 1. The third kappa shape index (κ3) is 13.4. The monoisotopic (exact) mass is 1030 g/mol. The number of hydrogen-bond acceptors (Lipinski definition) is 15. The maximum atomic E-state index is 14.3. The summed E-state index contributed by atoms with van der Waals surface area (Å²) in [6.45, 7) is 10.5. The lowest BCUT2D eigenvalue weighted by atomic mass is 9.98. The van der Waals surface area contributed by atoms with E-state index >= 15 is 0 Å². The summed E-state index contributed by atoms with van der Waals surface area (Å²) in [6, 6.07) is 32.0. The van der Waals surface area contributed by atoms with Gasteiger partial charge in [0.25, 0.3) is 5.91 Å². The van der Waals surface area contributed by atoms with Crippen LogP contribution in [0, 0.1) is 0 Å². The van der Waals surface area contributed by atoms with E-state index in [9.17, 15) is 28.8 Å². The smallest absolute Gasteiger partial charge is 0.413 e. The number of esters is 1. The SMILES string of the molecule is CC(C)(C)OC(=O)NC[C@H](CNC[C@H]1NC(=O)[C@H]1NC(=O)C(=NOC1(C(=O)OC(c2ccccc2)c2ccccc2)CC1)c1csc(NC(=O)OC(C)(C)C)n1)NC(=O)OCC1c2ccccc2-c2ccccc21. The van der Waals surface area contributed by atoms with E-state index in [1.165, 1.54) is 5.38 Å². The van der Waals surface area contributed by atoms with Crippen LogP contribution in [0.1, 0.15) is 94.4 Å². The molecule has 2 fully saturated rings. The molecule has 2 heterocycles. The summed E-state index contributed by atoms with van der Waals surface area (Å²) in [5.74, 6) is -2.23. The van der Waals surface area contributed by atoms with Crippen LogP contribution in [0.5, 0.6) is 0 Å². The average molecular weight is 1030 g/mol. The number of nitrogens with one attached hydrogen (secondary N) is 6. The molecule has 8 rings (SSSR count). The zero-order valence-electron chi connectivity index (χ0n) is 41.9. The highest BCUT2D eigenvalue weighted by Crippen LogP contribution is 2.45. The molecular formula is C54H60N8O11S. The summed E-state index contributed by atoms with van der Waals surface area (Å²) >= 11 is 0.985. The van der Waals surface area contributed by atoms with Crippen molar-refractivity contribution < 1.29 is 52.6 Å². The van der Waals surface area contributed by atoms with Crippen LogP contribution in [0.15, 0.2) is 120 Å². The number of rotatable bonds is 19. The number of carbonyl (C=O) groups is 6. The van der Waals surface area contributed by atoms with Crippen molar-refractivity contribution in [1.29, 1.82) is 0 Å². The fourth-order valence-corrected chi connectivity index (χ4v) is 9.00. The number of ether oxygens (including phenoxy) is 4. The number of fused-ring (bicyclic) bond motifs is 3. The summed E-state index contributed by atoms with van der Waals surface area (Å²) in [5, 5.41) is 22.5. The van der Waals surface area contributed by atoms with Crippen LogP contribution in [0.3, 0.4) is 0 Å². The van der Waals surface area contributed by atoms with E-state index in [-0.39, 0.29) is 61.5 Å². The molecule has 4 aromatic carbocycles. The summed E-state index contributed by atoms with van der Waals surface area (Å²) in [5.41, 5.74) is 2.25. The quantitative estimate of drug-likeness (QED) is 0.0159. The van der Waals surface area contributed by atoms with E-state index in [1.54, 1.807) is 41.5 Å². The number of amides is 5. The number of oxime groups is 1. The number of thiazole rings is 1. The molecule has 3 atom stereocenters. The van der Waals surface area contributed by atoms with Crippen molar-refractivity contribution in [1.82, 2.24) is 31.6 Å². The Morgan fingerprint density at radius 1 is 0.770 bits per heavy atom. The van der Waals surface area contributed by atoms with Crippen molar-refractivity contribution in [3.05, 3.63) is 143 Å². The average Bonchev–Trinajstić information content (AvgIpc) is 3.91. The van der Waals surface area contributed by atoms with Crippen molar-refractivity contribution in [2.45, 2.75) is 101 Å². The minimum atomic E-state index is -1.52. The molecule has 1 saturated carbocycles. The lowest BCUT2D eigenvalue weighted by molar-refractivity contribution is -0.164. The van der Waals surface area contributed by atoms with Gasteiger partial charge in [0, 0.05) is 43.8 Å². The van der Waals surface area contributed by atoms with Gasteiger partial charge in [-0.05, 0) is 74.9 Å². The van der Waals surface area contributed by atoms with E-state index in [0.717, 1.165) is 44.7 Å². The van der Waals surface area contributed by atoms with Crippen LogP contribution < -0.4 is 31.9 Å². The molecule has 2 aliphatic carbocycles. The summed E-state index contributed by atoms with van der Waals surface area (Å²) in [6.07, 6.45) is -2.45. The zero-order valence-corrected chi connectivity index (χ0v) is 42.7. The Hall–Kier alpha value is -7.84. The van der Waals surface area contributed by atoms with E-state index in [2.05, 4.69) is 42.0 Å². The van der Waals surface area contributed by atoms with E-state index in [0.29, 0.717) is 0 Å². The third-order valence-corrected chi connectivity index (χ3v) is 12.8. The Bertz CT molecular complexity index is 2790. The number of anilines is 1. The van der Waals surface area contributed by atoms with Crippen molar-refractivity contribution in [3.63, 3.8) is 0 Å². The van der Waals surface area contributed by atoms with Gasteiger partial charge in [0.05, 0.1) is 12.1 Å². The van der Waals surface area contributed by atoms with Gasteiger partial charge in [0.15, 0.2) is 16.9 Å². The molecule has 388 valence electrons. The first-order chi connectivity index (χ1) is 35.3. The van der Waals surface area contributed by atoms with Crippen LogP contribution >= 0.6 is 11.3 Å². The molecular weight excluding hydrogens is 969 g/mol. The lowest BCUT2D eigenvalue weighted by Crippen LogP contribution is -2.72. The number of hydrogen-bond donors (Lipinski definition) is 6. The van der Waals surface area contributed by atoms with Gasteiger partial charge < -0.3 is 50.4 Å². The van der Waals surface area contributed by atoms with Gasteiger partial charge in [-0.15, -0.1) is 11.3 Å². The molecule has 0 bridgehead atoms. The summed E-state index contributed by atoms with van der Waals surface area (Å²) in [4.78, 5) is 90.4. The summed E-state index contributed by atoms with van der Waals surface area (Å²) in [7, 11) is 0. The van der Waals surface area contributed by atoms with E-state index in [1.807, 2.05) is 109 Å². The fraction of sp³-hybridized carbons (Fsp3) is 0.370. The van der Waals surface area contributed by atoms with Crippen LogP contribution in [0.2, 0.25) is 0 Å². The van der Waals surface area contributed by atoms with Gasteiger partial charge in [0.2, 0.25) is 11.5 Å².